The summed E-state index contributed by atoms with van der Waals surface area (Å²) in [6.07, 6.45) is 0. The van der Waals surface area contributed by atoms with Gasteiger partial charge in [-0.15, -0.1) is 0 Å². The first-order valence-corrected chi connectivity index (χ1v) is 6.34. The van der Waals surface area contributed by atoms with Crippen molar-refractivity contribution in [2.24, 2.45) is 17.6 Å². The second-order valence-electron chi connectivity index (χ2n) is 4.81. The van der Waals surface area contributed by atoms with Gasteiger partial charge in [-0.3, -0.25) is 9.59 Å². The minimum atomic E-state index is -0.241. The van der Waals surface area contributed by atoms with Gasteiger partial charge in [-0.05, 0) is 5.56 Å². The van der Waals surface area contributed by atoms with Gasteiger partial charge >= 0.3 is 5.97 Å². The van der Waals surface area contributed by atoms with Gasteiger partial charge < -0.3 is 10.5 Å². The monoisotopic (exact) mass is 265 g/mol. The van der Waals surface area contributed by atoms with Crippen LogP contribution < -0.4 is 5.73 Å². The molecule has 0 radical (unpaired) electrons. The van der Waals surface area contributed by atoms with Gasteiger partial charge in [0, 0.05) is 5.92 Å². The quantitative estimate of drug-likeness (QED) is 0.850. The lowest BCUT2D eigenvalue weighted by Crippen LogP contribution is -2.17. The molecule has 4 heteroatoms. The summed E-state index contributed by atoms with van der Waals surface area (Å²) in [7, 11) is 0. The molecule has 0 heterocycles. The molecule has 0 spiro atoms. The van der Waals surface area contributed by atoms with Crippen molar-refractivity contribution in [2.45, 2.75) is 34.3 Å². The summed E-state index contributed by atoms with van der Waals surface area (Å²) < 4.78 is 5.05. The highest BCUT2D eigenvalue weighted by atomic mass is 16.5. The average Bonchev–Trinajstić information content (AvgIpc) is 2.37. The number of ether oxygens (including phenoxy) is 1. The number of hydrogen-bond acceptors (Lipinski definition) is 3. The molecule has 4 nitrogen and oxygen atoms in total. The minimum Gasteiger partial charge on any atom is -0.461 e. The molecule has 1 aromatic rings. The Bertz CT molecular complexity index is 386. The lowest BCUT2D eigenvalue weighted by atomic mass is 10.2. The van der Waals surface area contributed by atoms with E-state index in [1.807, 2.05) is 44.2 Å². The SMILES string of the molecule is CC(C)C(=O)OCc1ccccc1.CC(C)C(N)=O. The second kappa shape index (κ2) is 9.14. The van der Waals surface area contributed by atoms with Gasteiger partial charge in [0.15, 0.2) is 0 Å². The zero-order chi connectivity index (χ0) is 14.8. The molecule has 0 atom stereocenters. The fraction of sp³-hybridized carbons (Fsp3) is 0.467. The summed E-state index contributed by atoms with van der Waals surface area (Å²) in [6.45, 7) is 7.56. The van der Waals surface area contributed by atoms with Crippen molar-refractivity contribution in [1.29, 1.82) is 0 Å². The standard InChI is InChI=1S/C11H14O2.C4H9NO/c1-9(2)11(12)13-8-10-6-4-3-5-7-10;1-3(2)4(5)6/h3-7,9H,8H2,1-2H3;3H,1-2H3,(H2,5,6). The van der Waals surface area contributed by atoms with Gasteiger partial charge in [0.1, 0.15) is 6.61 Å². The van der Waals surface area contributed by atoms with Crippen molar-refractivity contribution in [3.63, 3.8) is 0 Å². The second-order valence-corrected chi connectivity index (χ2v) is 4.81. The molecule has 1 amide bonds. The average molecular weight is 265 g/mol. The third-order valence-corrected chi connectivity index (χ3v) is 2.26. The third kappa shape index (κ3) is 8.83. The van der Waals surface area contributed by atoms with E-state index >= 15 is 0 Å². The van der Waals surface area contributed by atoms with Crippen LogP contribution in [0.15, 0.2) is 30.3 Å². The fourth-order valence-corrected chi connectivity index (χ4v) is 0.895. The first-order chi connectivity index (χ1) is 8.84. The summed E-state index contributed by atoms with van der Waals surface area (Å²) in [6, 6.07) is 9.67. The maximum absolute atomic E-state index is 11.1. The number of benzene rings is 1. The zero-order valence-corrected chi connectivity index (χ0v) is 12.1. The maximum Gasteiger partial charge on any atom is 0.308 e. The van der Waals surface area contributed by atoms with E-state index in [4.69, 9.17) is 10.5 Å². The number of nitrogens with two attached hydrogens (primary N) is 1. The smallest absolute Gasteiger partial charge is 0.308 e. The molecule has 0 aromatic heterocycles. The number of hydrogen-bond donors (Lipinski definition) is 1. The van der Waals surface area contributed by atoms with Crippen LogP contribution in [0.25, 0.3) is 0 Å². The van der Waals surface area contributed by atoms with Gasteiger partial charge in [-0.1, -0.05) is 58.0 Å². The highest BCUT2D eigenvalue weighted by molar-refractivity contribution is 5.75. The van der Waals surface area contributed by atoms with Crippen LogP contribution in [-0.4, -0.2) is 11.9 Å². The van der Waals surface area contributed by atoms with Crippen LogP contribution in [-0.2, 0) is 20.9 Å². The molecule has 1 aromatic carbocycles. The van der Waals surface area contributed by atoms with Gasteiger partial charge in [0.25, 0.3) is 0 Å². The van der Waals surface area contributed by atoms with Crippen molar-refractivity contribution in [2.75, 3.05) is 0 Å². The molecule has 0 saturated carbocycles. The van der Waals surface area contributed by atoms with E-state index in [-0.39, 0.29) is 23.7 Å². The Morgan fingerprint density at radius 3 is 1.89 bits per heavy atom. The number of rotatable bonds is 4. The van der Waals surface area contributed by atoms with Crippen LogP contribution in [0.2, 0.25) is 0 Å². The van der Waals surface area contributed by atoms with Crippen LogP contribution in [0.1, 0.15) is 33.3 Å². The minimum absolute atomic E-state index is 0.00926. The normalized spacial score (nSPS) is 9.79. The molecule has 0 fully saturated rings. The Labute approximate surface area is 114 Å². The molecule has 0 bridgehead atoms. The first-order valence-electron chi connectivity index (χ1n) is 6.34. The van der Waals surface area contributed by atoms with Crippen LogP contribution in [0.5, 0.6) is 0 Å². The largest absolute Gasteiger partial charge is 0.461 e. The van der Waals surface area contributed by atoms with E-state index in [0.29, 0.717) is 6.61 Å². The van der Waals surface area contributed by atoms with Crippen molar-refractivity contribution >= 4 is 11.9 Å². The number of carbonyl (C=O) groups excluding carboxylic acids is 2. The summed E-state index contributed by atoms with van der Waals surface area (Å²) in [5.41, 5.74) is 5.82. The van der Waals surface area contributed by atoms with Gasteiger partial charge in [-0.25, -0.2) is 0 Å². The molecular weight excluding hydrogens is 242 g/mol. The number of carbonyl (C=O) groups is 2. The van der Waals surface area contributed by atoms with Crippen molar-refractivity contribution in [3.05, 3.63) is 35.9 Å². The number of amides is 1. The molecule has 0 saturated heterocycles. The molecule has 19 heavy (non-hydrogen) atoms. The van der Waals surface area contributed by atoms with E-state index in [1.54, 1.807) is 13.8 Å². The topological polar surface area (TPSA) is 69.4 Å². The number of esters is 1. The van der Waals surface area contributed by atoms with E-state index < -0.39 is 0 Å². The Kier molecular flexibility index (Phi) is 8.25. The lowest BCUT2D eigenvalue weighted by molar-refractivity contribution is -0.148. The van der Waals surface area contributed by atoms with Crippen molar-refractivity contribution < 1.29 is 14.3 Å². The van der Waals surface area contributed by atoms with Gasteiger partial charge in [0.05, 0.1) is 5.92 Å². The van der Waals surface area contributed by atoms with Crippen molar-refractivity contribution in [1.82, 2.24) is 0 Å². The molecular formula is C15H23NO3. The summed E-state index contributed by atoms with van der Waals surface area (Å²) in [5, 5.41) is 0. The van der Waals surface area contributed by atoms with E-state index in [1.165, 1.54) is 0 Å². The predicted octanol–water partition coefficient (Wildman–Crippen LogP) is 2.51. The summed E-state index contributed by atoms with van der Waals surface area (Å²) in [5.74, 6) is -0.451. The lowest BCUT2D eigenvalue weighted by Gasteiger charge is -2.06. The molecule has 2 N–H and O–H groups in total. The van der Waals surface area contributed by atoms with E-state index in [0.717, 1.165) is 5.56 Å². The highest BCUT2D eigenvalue weighted by Gasteiger charge is 2.07. The first kappa shape index (κ1) is 17.2. The molecule has 0 aliphatic rings. The fourth-order valence-electron chi connectivity index (χ4n) is 0.895. The van der Waals surface area contributed by atoms with Crippen LogP contribution in [0.3, 0.4) is 0 Å². The Balaban J connectivity index is 0.000000459. The van der Waals surface area contributed by atoms with Crippen LogP contribution in [0, 0.1) is 11.8 Å². The van der Waals surface area contributed by atoms with Crippen LogP contribution >= 0.6 is 0 Å². The van der Waals surface area contributed by atoms with Crippen molar-refractivity contribution in [3.8, 4) is 0 Å². The van der Waals surface area contributed by atoms with Gasteiger partial charge in [0.2, 0.25) is 5.91 Å². The molecule has 0 aliphatic carbocycles. The number of primary amides is 1. The summed E-state index contributed by atoms with van der Waals surface area (Å²) >= 11 is 0. The third-order valence-electron chi connectivity index (χ3n) is 2.26. The Morgan fingerprint density at radius 1 is 1.05 bits per heavy atom. The molecule has 1 rings (SSSR count). The van der Waals surface area contributed by atoms with E-state index in [2.05, 4.69) is 0 Å². The zero-order valence-electron chi connectivity index (χ0n) is 12.1. The maximum atomic E-state index is 11.1. The highest BCUT2D eigenvalue weighted by Crippen LogP contribution is 2.03. The molecule has 0 aliphatic heterocycles. The molecule has 0 unspecified atom stereocenters. The van der Waals surface area contributed by atoms with E-state index in [9.17, 15) is 9.59 Å². The Hall–Kier alpha value is -1.84. The summed E-state index contributed by atoms with van der Waals surface area (Å²) in [4.78, 5) is 21.0. The van der Waals surface area contributed by atoms with Crippen LogP contribution in [0.4, 0.5) is 0 Å². The molecule has 106 valence electrons. The Morgan fingerprint density at radius 2 is 1.53 bits per heavy atom. The predicted molar refractivity (Wildman–Crippen MR) is 75.1 cm³/mol. The van der Waals surface area contributed by atoms with Gasteiger partial charge in [-0.2, -0.15) is 0 Å².